The molecule has 0 saturated carbocycles. The van der Waals surface area contributed by atoms with Crippen molar-refractivity contribution < 1.29 is 14.3 Å². The second-order valence-corrected chi connectivity index (χ2v) is 6.19. The molecule has 3 rings (SSSR count). The lowest BCUT2D eigenvalue weighted by molar-refractivity contribution is 0.102. The van der Waals surface area contributed by atoms with Crippen molar-refractivity contribution in [1.82, 2.24) is 9.97 Å². The van der Waals surface area contributed by atoms with Gasteiger partial charge in [-0.25, -0.2) is 4.98 Å². The summed E-state index contributed by atoms with van der Waals surface area (Å²) in [5.41, 5.74) is 1.98. The van der Waals surface area contributed by atoms with E-state index in [1.165, 1.54) is 31.6 Å². The number of ether oxygens (including phenoxy) is 2. The molecule has 2 heterocycles. The van der Waals surface area contributed by atoms with Gasteiger partial charge in [-0.1, -0.05) is 11.6 Å². The third-order valence-electron chi connectivity index (χ3n) is 3.38. The van der Waals surface area contributed by atoms with Gasteiger partial charge in [-0.2, -0.15) is 0 Å². The first-order valence-corrected chi connectivity index (χ1v) is 8.47. The number of carbonyl (C=O) groups is 1. The number of hydrogen-bond donors (Lipinski definition) is 1. The molecule has 0 aliphatic rings. The highest BCUT2D eigenvalue weighted by Gasteiger charge is 2.16. The van der Waals surface area contributed by atoms with Crippen LogP contribution in [0.5, 0.6) is 11.5 Å². The van der Waals surface area contributed by atoms with E-state index in [2.05, 4.69) is 15.3 Å². The quantitative estimate of drug-likeness (QED) is 0.725. The number of benzene rings is 1. The fourth-order valence-electron chi connectivity index (χ4n) is 2.20. The lowest BCUT2D eigenvalue weighted by atomic mass is 10.2. The molecule has 0 aliphatic carbocycles. The van der Waals surface area contributed by atoms with Crippen LogP contribution in [0, 0.1) is 0 Å². The summed E-state index contributed by atoms with van der Waals surface area (Å²) in [5.74, 6) is 0.430. The van der Waals surface area contributed by atoms with Crippen molar-refractivity contribution in [3.8, 4) is 22.8 Å². The van der Waals surface area contributed by atoms with Crippen molar-refractivity contribution in [2.75, 3.05) is 19.5 Å². The van der Waals surface area contributed by atoms with E-state index in [0.29, 0.717) is 27.2 Å². The molecule has 0 atom stereocenters. The van der Waals surface area contributed by atoms with Gasteiger partial charge in [-0.15, -0.1) is 11.3 Å². The Labute approximate surface area is 153 Å². The smallest absolute Gasteiger partial charge is 0.257 e. The van der Waals surface area contributed by atoms with E-state index in [1.807, 2.05) is 17.5 Å². The largest absolute Gasteiger partial charge is 0.493 e. The number of amides is 1. The summed E-state index contributed by atoms with van der Waals surface area (Å²) < 4.78 is 10.4. The van der Waals surface area contributed by atoms with Crippen molar-refractivity contribution in [2.24, 2.45) is 0 Å². The molecule has 6 nitrogen and oxygen atoms in total. The monoisotopic (exact) mass is 375 g/mol. The van der Waals surface area contributed by atoms with Gasteiger partial charge in [0.1, 0.15) is 0 Å². The van der Waals surface area contributed by atoms with Gasteiger partial charge in [-0.05, 0) is 24.3 Å². The molecule has 8 heteroatoms. The predicted molar refractivity (Wildman–Crippen MR) is 97.9 cm³/mol. The standard InChI is InChI=1S/C17H14ClN3O3S/c1-23-14-7-11(6-12(18)15(14)24-2)16(22)21-17-20-13(9-25-17)10-4-3-5-19-8-10/h3-9H,1-2H3,(H,20,21,22). The number of nitrogens with zero attached hydrogens (tertiary/aromatic N) is 2. The zero-order valence-corrected chi connectivity index (χ0v) is 15.0. The SMILES string of the molecule is COc1cc(C(=O)Nc2nc(-c3cccnc3)cs2)cc(Cl)c1OC. The first kappa shape index (κ1) is 17.2. The summed E-state index contributed by atoms with van der Waals surface area (Å²) in [7, 11) is 2.97. The highest BCUT2D eigenvalue weighted by atomic mass is 35.5. The van der Waals surface area contributed by atoms with E-state index < -0.39 is 0 Å². The lowest BCUT2D eigenvalue weighted by Crippen LogP contribution is -2.12. The molecule has 1 aromatic carbocycles. The normalized spacial score (nSPS) is 10.4. The maximum absolute atomic E-state index is 12.5. The van der Waals surface area contributed by atoms with E-state index in [-0.39, 0.29) is 5.91 Å². The minimum Gasteiger partial charge on any atom is -0.493 e. The number of nitrogens with one attached hydrogen (secondary N) is 1. The first-order valence-electron chi connectivity index (χ1n) is 7.21. The summed E-state index contributed by atoms with van der Waals surface area (Å²) in [4.78, 5) is 20.9. The van der Waals surface area contributed by atoms with Crippen molar-refractivity contribution in [2.45, 2.75) is 0 Å². The van der Waals surface area contributed by atoms with Crippen LogP contribution in [0.3, 0.4) is 0 Å². The Balaban J connectivity index is 1.81. The second kappa shape index (κ2) is 7.50. The van der Waals surface area contributed by atoms with Gasteiger partial charge in [0.15, 0.2) is 16.6 Å². The molecule has 0 radical (unpaired) electrons. The predicted octanol–water partition coefficient (Wildman–Crippen LogP) is 4.13. The van der Waals surface area contributed by atoms with Crippen LogP contribution < -0.4 is 14.8 Å². The fourth-order valence-corrected chi connectivity index (χ4v) is 3.20. The Morgan fingerprint density at radius 1 is 1.28 bits per heavy atom. The molecule has 1 amide bonds. The van der Waals surface area contributed by atoms with E-state index in [0.717, 1.165) is 11.3 Å². The summed E-state index contributed by atoms with van der Waals surface area (Å²) in [5, 5.41) is 5.39. The average Bonchev–Trinajstić information content (AvgIpc) is 3.10. The maximum atomic E-state index is 12.5. The molecule has 3 aromatic rings. The number of carbonyl (C=O) groups excluding carboxylic acids is 1. The van der Waals surface area contributed by atoms with Gasteiger partial charge >= 0.3 is 0 Å². The molecule has 128 valence electrons. The number of aromatic nitrogens is 2. The third-order valence-corrected chi connectivity index (χ3v) is 4.42. The van der Waals surface area contributed by atoms with Crippen molar-refractivity contribution in [3.05, 3.63) is 52.6 Å². The molecule has 25 heavy (non-hydrogen) atoms. The summed E-state index contributed by atoms with van der Waals surface area (Å²) in [6, 6.07) is 6.82. The number of rotatable bonds is 5. The van der Waals surface area contributed by atoms with Gasteiger partial charge in [0, 0.05) is 28.9 Å². The Morgan fingerprint density at radius 2 is 2.12 bits per heavy atom. The number of pyridine rings is 1. The molecule has 0 bridgehead atoms. The number of thiazole rings is 1. The van der Waals surface area contributed by atoms with E-state index >= 15 is 0 Å². The number of halogens is 1. The van der Waals surface area contributed by atoms with Gasteiger partial charge in [0.25, 0.3) is 5.91 Å². The molecule has 0 aliphatic heterocycles. The molecule has 2 aromatic heterocycles. The number of hydrogen-bond acceptors (Lipinski definition) is 6. The first-order chi connectivity index (χ1) is 12.1. The fraction of sp³-hybridized carbons (Fsp3) is 0.118. The van der Waals surface area contributed by atoms with E-state index in [4.69, 9.17) is 21.1 Å². The van der Waals surface area contributed by atoms with E-state index in [9.17, 15) is 4.79 Å². The topological polar surface area (TPSA) is 73.3 Å². The van der Waals surface area contributed by atoms with Crippen LogP contribution in [0.25, 0.3) is 11.3 Å². The minimum absolute atomic E-state index is 0.294. The summed E-state index contributed by atoms with van der Waals surface area (Å²) in [6.45, 7) is 0. The van der Waals surface area contributed by atoms with Crippen LogP contribution in [0.4, 0.5) is 5.13 Å². The lowest BCUT2D eigenvalue weighted by Gasteiger charge is -2.11. The zero-order valence-electron chi connectivity index (χ0n) is 13.4. The van der Waals surface area contributed by atoms with Crippen molar-refractivity contribution in [1.29, 1.82) is 0 Å². The molecule has 1 N–H and O–H groups in total. The van der Waals surface area contributed by atoms with Crippen LogP contribution in [-0.4, -0.2) is 30.1 Å². The van der Waals surface area contributed by atoms with Gasteiger partial charge < -0.3 is 9.47 Å². The van der Waals surface area contributed by atoms with Crippen molar-refractivity contribution >= 4 is 34.0 Å². The molecule has 0 spiro atoms. The maximum Gasteiger partial charge on any atom is 0.257 e. The van der Waals surface area contributed by atoms with Crippen LogP contribution in [0.15, 0.2) is 42.0 Å². The molecule has 0 saturated heterocycles. The van der Waals surface area contributed by atoms with Crippen molar-refractivity contribution in [3.63, 3.8) is 0 Å². The van der Waals surface area contributed by atoms with E-state index in [1.54, 1.807) is 18.5 Å². The molecular formula is C17H14ClN3O3S. The Morgan fingerprint density at radius 3 is 2.80 bits per heavy atom. The minimum atomic E-state index is -0.338. The summed E-state index contributed by atoms with van der Waals surface area (Å²) in [6.07, 6.45) is 3.41. The third kappa shape index (κ3) is 3.72. The Kier molecular flexibility index (Phi) is 5.16. The molecule has 0 fully saturated rings. The van der Waals surface area contributed by atoms with Crippen LogP contribution in [0.2, 0.25) is 5.02 Å². The highest BCUT2D eigenvalue weighted by Crippen LogP contribution is 2.36. The number of anilines is 1. The van der Waals surface area contributed by atoms with Gasteiger partial charge in [0.2, 0.25) is 0 Å². The second-order valence-electron chi connectivity index (χ2n) is 4.93. The average molecular weight is 376 g/mol. The summed E-state index contributed by atoms with van der Waals surface area (Å²) >= 11 is 7.47. The zero-order chi connectivity index (χ0) is 17.8. The van der Waals surface area contributed by atoms with Crippen LogP contribution >= 0.6 is 22.9 Å². The van der Waals surface area contributed by atoms with Crippen LogP contribution in [-0.2, 0) is 0 Å². The molecular weight excluding hydrogens is 362 g/mol. The number of methoxy groups -OCH3 is 2. The van der Waals surface area contributed by atoms with Crippen LogP contribution in [0.1, 0.15) is 10.4 Å². The van der Waals surface area contributed by atoms with Gasteiger partial charge in [0.05, 0.1) is 24.9 Å². The Hall–Kier alpha value is -2.64. The molecule has 0 unspecified atom stereocenters. The Bertz CT molecular complexity index is 899. The highest BCUT2D eigenvalue weighted by molar-refractivity contribution is 7.14. The van der Waals surface area contributed by atoms with Gasteiger partial charge in [-0.3, -0.25) is 15.1 Å².